The van der Waals surface area contributed by atoms with E-state index in [4.69, 9.17) is 5.11 Å². The zero-order chi connectivity index (χ0) is 14.0. The molecule has 1 atom stereocenters. The number of ketones is 2. The molecule has 18 heavy (non-hydrogen) atoms. The molecule has 4 heteroatoms. The van der Waals surface area contributed by atoms with Crippen molar-refractivity contribution in [1.29, 1.82) is 0 Å². The van der Waals surface area contributed by atoms with Crippen LogP contribution in [-0.2, 0) is 14.4 Å². The maximum absolute atomic E-state index is 11.5. The molecule has 0 radical (unpaired) electrons. The molecular formula is C14H20O4. The van der Waals surface area contributed by atoms with Gasteiger partial charge in [0.2, 0.25) is 0 Å². The van der Waals surface area contributed by atoms with E-state index in [-0.39, 0.29) is 30.3 Å². The summed E-state index contributed by atoms with van der Waals surface area (Å²) < 4.78 is 0. The lowest BCUT2D eigenvalue weighted by Crippen LogP contribution is -2.16. The predicted octanol–water partition coefficient (Wildman–Crippen LogP) is 2.54. The number of allylic oxidation sites excluding steroid dienone is 3. The van der Waals surface area contributed by atoms with Crippen molar-refractivity contribution in [1.82, 2.24) is 0 Å². The number of Topliss-reactive ketones (excluding diaryl/α,β-unsaturated/α-hetero) is 2. The molecule has 0 bridgehead atoms. The summed E-state index contributed by atoms with van der Waals surface area (Å²) in [6, 6.07) is 0. The van der Waals surface area contributed by atoms with E-state index in [1.807, 2.05) is 6.92 Å². The Morgan fingerprint density at radius 3 is 2.28 bits per heavy atom. The average molecular weight is 252 g/mol. The number of carbonyl (C=O) groups excluding carboxylic acids is 2. The maximum Gasteiger partial charge on any atom is 0.328 e. The van der Waals surface area contributed by atoms with Crippen molar-refractivity contribution >= 4 is 17.5 Å². The third-order valence-electron chi connectivity index (χ3n) is 2.47. The number of hydrogen-bond acceptors (Lipinski definition) is 3. The molecule has 0 heterocycles. The van der Waals surface area contributed by atoms with E-state index in [2.05, 4.69) is 0 Å². The number of hydrogen-bond donors (Lipinski definition) is 1. The van der Waals surface area contributed by atoms with Gasteiger partial charge in [-0.3, -0.25) is 9.59 Å². The third-order valence-corrected chi connectivity index (χ3v) is 2.47. The molecule has 0 saturated heterocycles. The van der Waals surface area contributed by atoms with E-state index in [0.717, 1.165) is 18.9 Å². The molecular weight excluding hydrogens is 232 g/mol. The molecule has 100 valence electrons. The van der Waals surface area contributed by atoms with Crippen LogP contribution in [0.25, 0.3) is 0 Å². The first kappa shape index (κ1) is 16.3. The Morgan fingerprint density at radius 2 is 1.78 bits per heavy atom. The zero-order valence-electron chi connectivity index (χ0n) is 10.9. The molecule has 0 aliphatic carbocycles. The SMILES string of the molecule is CCC[C@@H](/C=C/C=C/C(=O)O)CC(=O)C(=O)CC. The largest absolute Gasteiger partial charge is 0.478 e. The van der Waals surface area contributed by atoms with Crippen LogP contribution in [0.1, 0.15) is 39.5 Å². The van der Waals surface area contributed by atoms with Gasteiger partial charge in [0.05, 0.1) is 0 Å². The number of aliphatic carboxylic acids is 1. The fourth-order valence-electron chi connectivity index (χ4n) is 1.55. The Hall–Kier alpha value is -1.71. The Labute approximate surface area is 107 Å². The second-order valence-corrected chi connectivity index (χ2v) is 4.04. The molecule has 0 fully saturated rings. The third kappa shape index (κ3) is 7.54. The lowest BCUT2D eigenvalue weighted by molar-refractivity contribution is -0.136. The lowest BCUT2D eigenvalue weighted by Gasteiger charge is -2.09. The Balaban J connectivity index is 4.43. The van der Waals surface area contributed by atoms with E-state index >= 15 is 0 Å². The highest BCUT2D eigenvalue weighted by Crippen LogP contribution is 2.14. The van der Waals surface area contributed by atoms with Gasteiger partial charge >= 0.3 is 5.97 Å². The highest BCUT2D eigenvalue weighted by molar-refractivity contribution is 6.37. The summed E-state index contributed by atoms with van der Waals surface area (Å²) >= 11 is 0. The predicted molar refractivity (Wildman–Crippen MR) is 69.2 cm³/mol. The van der Waals surface area contributed by atoms with Gasteiger partial charge in [0.15, 0.2) is 11.6 Å². The van der Waals surface area contributed by atoms with Gasteiger partial charge in [-0.05, 0) is 12.3 Å². The summed E-state index contributed by atoms with van der Waals surface area (Å²) in [7, 11) is 0. The minimum atomic E-state index is -1.01. The molecule has 0 aliphatic heterocycles. The molecule has 0 rings (SSSR count). The summed E-state index contributed by atoms with van der Waals surface area (Å²) in [5.74, 6) is -1.70. The molecule has 0 unspecified atom stereocenters. The standard InChI is InChI=1S/C14H20O4/c1-3-7-11(8-5-6-9-14(17)18)10-13(16)12(15)4-2/h5-6,8-9,11H,3-4,7,10H2,1-2H3,(H,17,18)/b8-5+,9-6+/t11-/m0/s1. The summed E-state index contributed by atoms with van der Waals surface area (Å²) in [6.45, 7) is 3.67. The van der Waals surface area contributed by atoms with Gasteiger partial charge in [0.1, 0.15) is 0 Å². The van der Waals surface area contributed by atoms with Gasteiger partial charge in [0.25, 0.3) is 0 Å². The van der Waals surface area contributed by atoms with Crippen LogP contribution >= 0.6 is 0 Å². The molecule has 0 aromatic rings. The number of carbonyl (C=O) groups is 3. The molecule has 0 saturated carbocycles. The summed E-state index contributed by atoms with van der Waals surface area (Å²) in [4.78, 5) is 33.0. The fraction of sp³-hybridized carbons (Fsp3) is 0.500. The second kappa shape index (κ2) is 9.33. The highest BCUT2D eigenvalue weighted by atomic mass is 16.4. The molecule has 0 aliphatic rings. The Bertz CT molecular complexity index is 353. The Kier molecular flexibility index (Phi) is 8.45. The van der Waals surface area contributed by atoms with E-state index in [1.165, 1.54) is 6.08 Å². The van der Waals surface area contributed by atoms with E-state index in [0.29, 0.717) is 0 Å². The first-order valence-corrected chi connectivity index (χ1v) is 6.15. The van der Waals surface area contributed by atoms with Gasteiger partial charge < -0.3 is 5.11 Å². The van der Waals surface area contributed by atoms with Gasteiger partial charge in [-0.25, -0.2) is 4.79 Å². The summed E-state index contributed by atoms with van der Waals surface area (Å²) in [5.41, 5.74) is 0. The van der Waals surface area contributed by atoms with Crippen LogP contribution in [0.4, 0.5) is 0 Å². The molecule has 1 N–H and O–H groups in total. The summed E-state index contributed by atoms with van der Waals surface area (Å²) in [6.07, 6.45) is 7.99. The van der Waals surface area contributed by atoms with Crippen LogP contribution in [0, 0.1) is 5.92 Å². The van der Waals surface area contributed by atoms with Crippen LogP contribution in [-0.4, -0.2) is 22.6 Å². The molecule has 0 spiro atoms. The monoisotopic (exact) mass is 252 g/mol. The number of rotatable bonds is 9. The highest BCUT2D eigenvalue weighted by Gasteiger charge is 2.15. The fourth-order valence-corrected chi connectivity index (χ4v) is 1.55. The van der Waals surface area contributed by atoms with Gasteiger partial charge in [-0.1, -0.05) is 38.5 Å². The van der Waals surface area contributed by atoms with Gasteiger partial charge in [-0.2, -0.15) is 0 Å². The van der Waals surface area contributed by atoms with Crippen molar-refractivity contribution in [3.63, 3.8) is 0 Å². The van der Waals surface area contributed by atoms with Gasteiger partial charge in [-0.15, -0.1) is 0 Å². The van der Waals surface area contributed by atoms with Crippen LogP contribution in [0.5, 0.6) is 0 Å². The zero-order valence-corrected chi connectivity index (χ0v) is 10.9. The van der Waals surface area contributed by atoms with Crippen molar-refractivity contribution in [3.05, 3.63) is 24.3 Å². The topological polar surface area (TPSA) is 71.4 Å². The van der Waals surface area contributed by atoms with Crippen LogP contribution in [0.15, 0.2) is 24.3 Å². The molecule has 0 amide bonds. The average Bonchev–Trinajstić information content (AvgIpc) is 2.33. The minimum absolute atomic E-state index is 0.00329. The van der Waals surface area contributed by atoms with Crippen molar-refractivity contribution in [2.45, 2.75) is 39.5 Å². The van der Waals surface area contributed by atoms with E-state index < -0.39 is 5.97 Å². The molecule has 0 aromatic heterocycles. The van der Waals surface area contributed by atoms with Crippen molar-refractivity contribution in [2.75, 3.05) is 0 Å². The van der Waals surface area contributed by atoms with E-state index in [1.54, 1.807) is 19.1 Å². The second-order valence-electron chi connectivity index (χ2n) is 4.04. The van der Waals surface area contributed by atoms with Crippen molar-refractivity contribution in [2.24, 2.45) is 5.92 Å². The first-order chi connectivity index (χ1) is 8.51. The van der Waals surface area contributed by atoms with Crippen molar-refractivity contribution < 1.29 is 19.5 Å². The van der Waals surface area contributed by atoms with Gasteiger partial charge in [0, 0.05) is 18.9 Å². The van der Waals surface area contributed by atoms with Crippen LogP contribution in [0.2, 0.25) is 0 Å². The first-order valence-electron chi connectivity index (χ1n) is 6.15. The quantitative estimate of drug-likeness (QED) is 0.389. The normalized spacial score (nSPS) is 13.0. The molecule has 4 nitrogen and oxygen atoms in total. The smallest absolute Gasteiger partial charge is 0.328 e. The van der Waals surface area contributed by atoms with E-state index in [9.17, 15) is 14.4 Å². The minimum Gasteiger partial charge on any atom is -0.478 e. The molecule has 0 aromatic carbocycles. The van der Waals surface area contributed by atoms with Crippen LogP contribution < -0.4 is 0 Å². The Morgan fingerprint density at radius 1 is 1.11 bits per heavy atom. The number of carboxylic acids is 1. The van der Waals surface area contributed by atoms with Crippen molar-refractivity contribution in [3.8, 4) is 0 Å². The number of carboxylic acid groups (broad SMARTS) is 1. The van der Waals surface area contributed by atoms with Crippen LogP contribution in [0.3, 0.4) is 0 Å². The lowest BCUT2D eigenvalue weighted by atomic mass is 9.95. The summed E-state index contributed by atoms with van der Waals surface area (Å²) in [5, 5.41) is 8.41. The maximum atomic E-state index is 11.5.